The zero-order valence-corrected chi connectivity index (χ0v) is 11.9. The quantitative estimate of drug-likeness (QED) is 0.807. The van der Waals surface area contributed by atoms with Crippen molar-refractivity contribution < 1.29 is 0 Å². The molecule has 0 fully saturated rings. The summed E-state index contributed by atoms with van der Waals surface area (Å²) in [5, 5.41) is 4.30. The number of nitrogens with zero attached hydrogens (tertiary/aromatic N) is 3. The normalized spacial score (nSPS) is 13.0. The predicted molar refractivity (Wildman–Crippen MR) is 65.7 cm³/mol. The van der Waals surface area contributed by atoms with Crippen molar-refractivity contribution in [1.82, 2.24) is 14.4 Å². The van der Waals surface area contributed by atoms with Crippen molar-refractivity contribution in [2.24, 2.45) is 0 Å². The summed E-state index contributed by atoms with van der Waals surface area (Å²) in [5.74, 6) is 0.948. The Labute approximate surface area is 87.9 Å². The molecule has 0 saturated carbocycles. The van der Waals surface area contributed by atoms with Gasteiger partial charge >= 0.3 is 0 Å². The van der Waals surface area contributed by atoms with Gasteiger partial charge in [0.05, 0.1) is 0 Å². The number of anilines is 1. The second-order valence-corrected chi connectivity index (χ2v) is 15.1. The molecule has 4 nitrogen and oxygen atoms in total. The largest absolute Gasteiger partial charge is 0.381 e. The van der Waals surface area contributed by atoms with E-state index in [0.717, 1.165) is 5.95 Å². The average molecular weight is 228 g/mol. The van der Waals surface area contributed by atoms with Crippen LogP contribution in [0.2, 0.25) is 39.3 Å². The van der Waals surface area contributed by atoms with Crippen LogP contribution in [-0.2, 0) is 0 Å². The minimum Gasteiger partial charge on any atom is -0.381 e. The highest BCUT2D eigenvalue weighted by molar-refractivity contribution is 6.79. The number of aromatic nitrogens is 3. The third-order valence-electron chi connectivity index (χ3n) is 1.67. The summed E-state index contributed by atoms with van der Waals surface area (Å²) >= 11 is 0. The van der Waals surface area contributed by atoms with Gasteiger partial charge in [-0.15, -0.1) is 0 Å². The third-order valence-corrected chi connectivity index (χ3v) is 4.24. The van der Waals surface area contributed by atoms with Crippen LogP contribution in [0.5, 0.6) is 0 Å². The molecular formula is C8H20N4Si2. The SMILES string of the molecule is C[Si](C)(C)Nc1ncnn1[Si](C)(C)C. The molecule has 0 spiro atoms. The Balaban J connectivity index is 2.95. The molecule has 0 amide bonds. The van der Waals surface area contributed by atoms with E-state index >= 15 is 0 Å². The average Bonchev–Trinajstić information content (AvgIpc) is 2.29. The smallest absolute Gasteiger partial charge is 0.204 e. The van der Waals surface area contributed by atoms with Crippen LogP contribution < -0.4 is 4.98 Å². The molecule has 0 radical (unpaired) electrons. The Morgan fingerprint density at radius 1 is 1.14 bits per heavy atom. The fourth-order valence-corrected chi connectivity index (χ4v) is 3.25. The van der Waals surface area contributed by atoms with Crippen molar-refractivity contribution in [3.63, 3.8) is 0 Å². The second kappa shape index (κ2) is 3.50. The number of hydrogen-bond donors (Lipinski definition) is 1. The van der Waals surface area contributed by atoms with Gasteiger partial charge < -0.3 is 4.98 Å². The molecule has 0 aliphatic heterocycles. The molecule has 80 valence electrons. The van der Waals surface area contributed by atoms with E-state index in [-0.39, 0.29) is 0 Å². The van der Waals surface area contributed by atoms with Gasteiger partial charge in [-0.05, 0) is 19.6 Å². The van der Waals surface area contributed by atoms with Gasteiger partial charge in [0, 0.05) is 0 Å². The number of nitrogens with one attached hydrogen (secondary N) is 1. The first-order valence-electron chi connectivity index (χ1n) is 4.89. The van der Waals surface area contributed by atoms with Crippen LogP contribution in [0, 0.1) is 0 Å². The molecule has 0 aliphatic rings. The Kier molecular flexibility index (Phi) is 2.87. The van der Waals surface area contributed by atoms with Crippen molar-refractivity contribution in [3.8, 4) is 0 Å². The highest BCUT2D eigenvalue weighted by atomic mass is 28.3. The molecule has 0 unspecified atom stereocenters. The molecule has 0 bridgehead atoms. The van der Waals surface area contributed by atoms with E-state index in [9.17, 15) is 0 Å². The van der Waals surface area contributed by atoms with Crippen molar-refractivity contribution in [2.45, 2.75) is 39.3 Å². The number of rotatable bonds is 3. The van der Waals surface area contributed by atoms with Gasteiger partial charge in [0.15, 0.2) is 8.24 Å². The maximum Gasteiger partial charge on any atom is 0.204 e. The predicted octanol–water partition coefficient (Wildman–Crippen LogP) is 2.21. The van der Waals surface area contributed by atoms with Gasteiger partial charge in [-0.3, -0.25) is 4.35 Å². The van der Waals surface area contributed by atoms with E-state index in [1.54, 1.807) is 6.33 Å². The lowest BCUT2D eigenvalue weighted by atomic mass is 11.1. The minimum atomic E-state index is -1.42. The summed E-state index contributed by atoms with van der Waals surface area (Å²) in [4.78, 5) is 7.78. The zero-order valence-electron chi connectivity index (χ0n) is 9.92. The van der Waals surface area contributed by atoms with E-state index in [1.807, 2.05) is 0 Å². The highest BCUT2D eigenvalue weighted by Gasteiger charge is 2.24. The van der Waals surface area contributed by atoms with E-state index in [0.29, 0.717) is 0 Å². The lowest BCUT2D eigenvalue weighted by Crippen LogP contribution is -2.39. The van der Waals surface area contributed by atoms with E-state index < -0.39 is 16.5 Å². The summed E-state index contributed by atoms with van der Waals surface area (Å²) in [6.45, 7) is 13.6. The molecule has 0 aromatic carbocycles. The molecule has 0 atom stereocenters. The molecule has 1 aromatic heterocycles. The summed E-state index contributed by atoms with van der Waals surface area (Å²) in [7, 11) is -2.75. The first-order valence-corrected chi connectivity index (χ1v) is 11.8. The molecule has 1 N–H and O–H groups in total. The number of hydrogen-bond acceptors (Lipinski definition) is 3. The standard InChI is InChI=1S/C8H20N4Si2/c1-13(2,3)11-8-9-7-10-12(8)14(4,5)6/h7H,1-6H3,(H,9,10,11). The van der Waals surface area contributed by atoms with Gasteiger partial charge in [0.2, 0.25) is 5.95 Å². The third kappa shape index (κ3) is 2.95. The molecule has 1 heterocycles. The first-order chi connectivity index (χ1) is 6.20. The molecule has 6 heteroatoms. The van der Waals surface area contributed by atoms with E-state index in [2.05, 4.69) is 58.7 Å². The van der Waals surface area contributed by atoms with Crippen LogP contribution in [0.1, 0.15) is 0 Å². The van der Waals surface area contributed by atoms with Gasteiger partial charge in [-0.2, -0.15) is 5.10 Å². The van der Waals surface area contributed by atoms with Crippen LogP contribution >= 0.6 is 0 Å². The Morgan fingerprint density at radius 3 is 2.14 bits per heavy atom. The maximum atomic E-state index is 4.30. The van der Waals surface area contributed by atoms with Gasteiger partial charge in [-0.1, -0.05) is 19.6 Å². The van der Waals surface area contributed by atoms with Gasteiger partial charge in [0.25, 0.3) is 0 Å². The topological polar surface area (TPSA) is 42.7 Å². The summed E-state index contributed by atoms with van der Waals surface area (Å²) < 4.78 is 2.07. The van der Waals surface area contributed by atoms with Crippen LogP contribution in [0.25, 0.3) is 0 Å². The fourth-order valence-electron chi connectivity index (χ4n) is 1.15. The van der Waals surface area contributed by atoms with Crippen LogP contribution in [0.4, 0.5) is 5.95 Å². The van der Waals surface area contributed by atoms with Gasteiger partial charge in [0.1, 0.15) is 14.6 Å². The molecule has 1 aromatic rings. The van der Waals surface area contributed by atoms with Crippen LogP contribution in [0.3, 0.4) is 0 Å². The summed E-state index contributed by atoms with van der Waals surface area (Å²) in [6.07, 6.45) is 1.64. The molecule has 0 aliphatic carbocycles. The highest BCUT2D eigenvalue weighted by Crippen LogP contribution is 2.14. The molecule has 1 rings (SSSR count). The van der Waals surface area contributed by atoms with E-state index in [1.165, 1.54) is 0 Å². The summed E-state index contributed by atoms with van der Waals surface area (Å²) in [5.41, 5.74) is 0. The Morgan fingerprint density at radius 2 is 1.71 bits per heavy atom. The Hall–Kier alpha value is -0.626. The monoisotopic (exact) mass is 228 g/mol. The van der Waals surface area contributed by atoms with Gasteiger partial charge in [-0.25, -0.2) is 4.98 Å². The van der Waals surface area contributed by atoms with Crippen molar-refractivity contribution >= 4 is 22.4 Å². The molecule has 14 heavy (non-hydrogen) atoms. The van der Waals surface area contributed by atoms with Crippen molar-refractivity contribution in [3.05, 3.63) is 6.33 Å². The Bertz CT molecular complexity index is 308. The summed E-state index contributed by atoms with van der Waals surface area (Å²) in [6, 6.07) is 0. The fraction of sp³-hybridized carbons (Fsp3) is 0.750. The van der Waals surface area contributed by atoms with Crippen LogP contribution in [-0.4, -0.2) is 30.9 Å². The second-order valence-electron chi connectivity index (χ2n) is 5.54. The van der Waals surface area contributed by atoms with Crippen molar-refractivity contribution in [2.75, 3.05) is 4.98 Å². The van der Waals surface area contributed by atoms with E-state index in [4.69, 9.17) is 0 Å². The molecule has 0 saturated heterocycles. The maximum absolute atomic E-state index is 4.30. The minimum absolute atomic E-state index is 0.948. The zero-order chi connectivity index (χ0) is 11.0. The first kappa shape index (κ1) is 11.4. The lowest BCUT2D eigenvalue weighted by Gasteiger charge is -2.24. The lowest BCUT2D eigenvalue weighted by molar-refractivity contribution is 0.941. The van der Waals surface area contributed by atoms with Crippen molar-refractivity contribution in [1.29, 1.82) is 0 Å². The van der Waals surface area contributed by atoms with Crippen LogP contribution in [0.15, 0.2) is 6.33 Å². The molecular weight excluding hydrogens is 208 g/mol.